The number of ketones is 1. The molecule has 0 aromatic carbocycles. The Morgan fingerprint density at radius 1 is 1.50 bits per heavy atom. The summed E-state index contributed by atoms with van der Waals surface area (Å²) in [6.07, 6.45) is 8.35. The van der Waals surface area contributed by atoms with Crippen LogP contribution < -0.4 is 5.32 Å². The van der Waals surface area contributed by atoms with Gasteiger partial charge in [0.15, 0.2) is 5.78 Å². The second-order valence-electron chi connectivity index (χ2n) is 3.65. The van der Waals surface area contributed by atoms with Gasteiger partial charge in [-0.05, 0) is 6.42 Å². The van der Waals surface area contributed by atoms with E-state index in [0.717, 1.165) is 6.42 Å². The van der Waals surface area contributed by atoms with E-state index in [-0.39, 0.29) is 11.7 Å². The molecule has 1 amide bonds. The molecular formula is C12H17NO3. The van der Waals surface area contributed by atoms with Gasteiger partial charge in [0, 0.05) is 12.3 Å². The van der Waals surface area contributed by atoms with Gasteiger partial charge in [-0.2, -0.15) is 0 Å². The first-order valence-corrected chi connectivity index (χ1v) is 5.39. The minimum absolute atomic E-state index is 0.0235. The number of ether oxygens (including phenoxy) is 1. The summed E-state index contributed by atoms with van der Waals surface area (Å²) >= 11 is 0. The highest BCUT2D eigenvalue weighted by Crippen LogP contribution is 2.17. The normalized spacial score (nSPS) is 20.2. The molecule has 4 nitrogen and oxygen atoms in total. The molecule has 0 radical (unpaired) electrons. The number of amides is 1. The predicted octanol–water partition coefficient (Wildman–Crippen LogP) is 1.82. The lowest BCUT2D eigenvalue weighted by molar-refractivity contribution is -0.121. The van der Waals surface area contributed by atoms with E-state index in [1.807, 2.05) is 24.3 Å². The van der Waals surface area contributed by atoms with Crippen LogP contribution >= 0.6 is 0 Å². The highest BCUT2D eigenvalue weighted by Gasteiger charge is 2.27. The number of rotatable bonds is 4. The third-order valence-electron chi connectivity index (χ3n) is 2.60. The number of allylic oxidation sites excluding steroid dienone is 3. The van der Waals surface area contributed by atoms with Gasteiger partial charge < -0.3 is 10.1 Å². The van der Waals surface area contributed by atoms with Gasteiger partial charge in [-0.25, -0.2) is 4.79 Å². The van der Waals surface area contributed by atoms with E-state index in [1.54, 1.807) is 6.92 Å². The molecule has 1 N–H and O–H groups in total. The van der Waals surface area contributed by atoms with Gasteiger partial charge in [0.1, 0.15) is 0 Å². The molecule has 0 spiro atoms. The Morgan fingerprint density at radius 3 is 2.75 bits per heavy atom. The molecule has 88 valence electrons. The smallest absolute Gasteiger partial charge is 0.407 e. The van der Waals surface area contributed by atoms with Gasteiger partial charge >= 0.3 is 6.09 Å². The van der Waals surface area contributed by atoms with Crippen LogP contribution in [0, 0.1) is 5.92 Å². The van der Waals surface area contributed by atoms with Crippen molar-refractivity contribution in [1.82, 2.24) is 5.32 Å². The molecule has 16 heavy (non-hydrogen) atoms. The van der Waals surface area contributed by atoms with Crippen molar-refractivity contribution in [2.24, 2.45) is 5.92 Å². The number of hydrogen-bond donors (Lipinski definition) is 1. The lowest BCUT2D eigenvalue weighted by Crippen LogP contribution is -2.45. The first-order chi connectivity index (χ1) is 7.69. The number of Topliss-reactive ketones (excluding diaryl/α,β-unsaturated/α-hetero) is 1. The average molecular weight is 223 g/mol. The van der Waals surface area contributed by atoms with Crippen molar-refractivity contribution in [3.8, 4) is 0 Å². The average Bonchev–Trinajstić information content (AvgIpc) is 2.35. The number of carbonyl (C=O) groups excluding carboxylic acids is 2. The molecule has 2 unspecified atom stereocenters. The Bertz CT molecular complexity index is 320. The maximum absolute atomic E-state index is 11.7. The van der Waals surface area contributed by atoms with Gasteiger partial charge in [-0.3, -0.25) is 4.79 Å². The van der Waals surface area contributed by atoms with Crippen molar-refractivity contribution >= 4 is 11.9 Å². The minimum atomic E-state index is -0.560. The Labute approximate surface area is 95.4 Å². The fraction of sp³-hybridized carbons (Fsp3) is 0.500. The van der Waals surface area contributed by atoms with Gasteiger partial charge in [-0.1, -0.05) is 31.2 Å². The van der Waals surface area contributed by atoms with E-state index in [9.17, 15) is 9.59 Å². The van der Waals surface area contributed by atoms with Crippen LogP contribution in [0.15, 0.2) is 24.3 Å². The molecule has 2 atom stereocenters. The van der Waals surface area contributed by atoms with Gasteiger partial charge in [-0.15, -0.1) is 0 Å². The summed E-state index contributed by atoms with van der Waals surface area (Å²) in [4.78, 5) is 22.9. The van der Waals surface area contributed by atoms with Gasteiger partial charge in [0.25, 0.3) is 0 Å². The Balaban J connectivity index is 2.70. The van der Waals surface area contributed by atoms with Crippen molar-refractivity contribution in [1.29, 1.82) is 0 Å². The standard InChI is InChI=1S/C12H17NO3/c1-3-10(14)11(13-12(15)16-2)9-7-5-4-6-8-9/h4-7,9,11H,3,8H2,1-2H3,(H,13,15). The summed E-state index contributed by atoms with van der Waals surface area (Å²) in [5.74, 6) is 0.0481. The highest BCUT2D eigenvalue weighted by molar-refractivity contribution is 5.87. The zero-order chi connectivity index (χ0) is 12.0. The molecule has 0 fully saturated rings. The SMILES string of the molecule is CCC(=O)C(NC(=O)OC)C1C=CC=CC1. The molecule has 1 aliphatic carbocycles. The number of nitrogens with one attached hydrogen (secondary N) is 1. The molecule has 0 aromatic heterocycles. The van der Waals surface area contributed by atoms with E-state index >= 15 is 0 Å². The Kier molecular flexibility index (Phi) is 4.76. The summed E-state index contributed by atoms with van der Waals surface area (Å²) < 4.78 is 4.52. The van der Waals surface area contributed by atoms with Crippen molar-refractivity contribution in [3.05, 3.63) is 24.3 Å². The van der Waals surface area contributed by atoms with Crippen molar-refractivity contribution in [2.45, 2.75) is 25.8 Å². The van der Waals surface area contributed by atoms with E-state index in [4.69, 9.17) is 0 Å². The van der Waals surface area contributed by atoms with Crippen LogP contribution in [0.25, 0.3) is 0 Å². The second-order valence-corrected chi connectivity index (χ2v) is 3.65. The first kappa shape index (κ1) is 12.5. The summed E-state index contributed by atoms with van der Waals surface area (Å²) in [5, 5.41) is 2.59. The molecule has 0 bridgehead atoms. The fourth-order valence-corrected chi connectivity index (χ4v) is 1.68. The number of hydrogen-bond acceptors (Lipinski definition) is 3. The summed E-state index contributed by atoms with van der Waals surface area (Å²) in [6, 6.07) is -0.487. The minimum Gasteiger partial charge on any atom is -0.453 e. The highest BCUT2D eigenvalue weighted by atomic mass is 16.5. The molecule has 0 saturated carbocycles. The third kappa shape index (κ3) is 3.22. The van der Waals surface area contributed by atoms with E-state index in [0.29, 0.717) is 6.42 Å². The van der Waals surface area contributed by atoms with E-state index in [2.05, 4.69) is 10.1 Å². The van der Waals surface area contributed by atoms with Crippen LogP contribution in [-0.2, 0) is 9.53 Å². The van der Waals surface area contributed by atoms with Gasteiger partial charge in [0.2, 0.25) is 0 Å². The zero-order valence-corrected chi connectivity index (χ0v) is 9.60. The maximum Gasteiger partial charge on any atom is 0.407 e. The Hall–Kier alpha value is -1.58. The first-order valence-electron chi connectivity index (χ1n) is 5.39. The van der Waals surface area contributed by atoms with Crippen molar-refractivity contribution < 1.29 is 14.3 Å². The van der Waals surface area contributed by atoms with Crippen LogP contribution in [-0.4, -0.2) is 25.0 Å². The fourth-order valence-electron chi connectivity index (χ4n) is 1.68. The van der Waals surface area contributed by atoms with Crippen LogP contribution in [0.1, 0.15) is 19.8 Å². The molecular weight excluding hydrogens is 206 g/mol. The van der Waals surface area contributed by atoms with Crippen molar-refractivity contribution in [2.75, 3.05) is 7.11 Å². The van der Waals surface area contributed by atoms with Crippen LogP contribution in [0.5, 0.6) is 0 Å². The van der Waals surface area contributed by atoms with Crippen molar-refractivity contribution in [3.63, 3.8) is 0 Å². The third-order valence-corrected chi connectivity index (χ3v) is 2.60. The Morgan fingerprint density at radius 2 is 2.25 bits per heavy atom. The monoisotopic (exact) mass is 223 g/mol. The predicted molar refractivity (Wildman–Crippen MR) is 61.0 cm³/mol. The number of alkyl carbamates (subject to hydrolysis) is 1. The lowest BCUT2D eigenvalue weighted by Gasteiger charge is -2.24. The van der Waals surface area contributed by atoms with Crippen LogP contribution in [0.2, 0.25) is 0 Å². The quantitative estimate of drug-likeness (QED) is 0.791. The summed E-state index contributed by atoms with van der Waals surface area (Å²) in [6.45, 7) is 1.79. The maximum atomic E-state index is 11.7. The van der Waals surface area contributed by atoms with Crippen LogP contribution in [0.3, 0.4) is 0 Å². The molecule has 1 aliphatic rings. The lowest BCUT2D eigenvalue weighted by atomic mass is 9.89. The largest absolute Gasteiger partial charge is 0.453 e. The molecule has 1 rings (SSSR count). The summed E-state index contributed by atoms with van der Waals surface area (Å²) in [7, 11) is 1.29. The molecule has 0 aromatic rings. The van der Waals surface area contributed by atoms with E-state index in [1.165, 1.54) is 7.11 Å². The second kappa shape index (κ2) is 6.10. The zero-order valence-electron chi connectivity index (χ0n) is 9.60. The van der Waals surface area contributed by atoms with Gasteiger partial charge in [0.05, 0.1) is 13.2 Å². The molecule has 0 saturated heterocycles. The summed E-state index contributed by atoms with van der Waals surface area (Å²) in [5.41, 5.74) is 0. The topological polar surface area (TPSA) is 55.4 Å². The molecule has 4 heteroatoms. The van der Waals surface area contributed by atoms with Crippen LogP contribution in [0.4, 0.5) is 4.79 Å². The number of methoxy groups -OCH3 is 1. The van der Waals surface area contributed by atoms with E-state index < -0.39 is 12.1 Å². The number of carbonyl (C=O) groups is 2. The molecule has 0 heterocycles. The molecule has 0 aliphatic heterocycles.